The maximum Gasteiger partial charge on any atom is 0.0309 e. The van der Waals surface area contributed by atoms with E-state index in [0.717, 1.165) is 13.0 Å². The van der Waals surface area contributed by atoms with Crippen LogP contribution in [0.5, 0.6) is 0 Å². The molecule has 2 nitrogen and oxygen atoms in total. The van der Waals surface area contributed by atoms with Gasteiger partial charge in [0, 0.05) is 6.04 Å². The summed E-state index contributed by atoms with van der Waals surface area (Å²) in [4.78, 5) is 2.17. The van der Waals surface area contributed by atoms with E-state index in [-0.39, 0.29) is 6.04 Å². The summed E-state index contributed by atoms with van der Waals surface area (Å²) >= 11 is 0. The van der Waals surface area contributed by atoms with Crippen molar-refractivity contribution in [2.24, 2.45) is 5.73 Å². The fraction of sp³-hybridized carbons (Fsp3) is 0.538. The van der Waals surface area contributed by atoms with Crippen molar-refractivity contribution in [2.45, 2.75) is 26.3 Å². The average molecular weight is 206 g/mol. The van der Waals surface area contributed by atoms with E-state index < -0.39 is 0 Å². The smallest absolute Gasteiger partial charge is 0.0309 e. The Morgan fingerprint density at radius 3 is 2.53 bits per heavy atom. The van der Waals surface area contributed by atoms with Crippen LogP contribution in [0.25, 0.3) is 0 Å². The molecule has 0 heterocycles. The first kappa shape index (κ1) is 12.2. The van der Waals surface area contributed by atoms with E-state index in [1.165, 1.54) is 16.7 Å². The first-order valence-corrected chi connectivity index (χ1v) is 5.48. The normalized spacial score (nSPS) is 13.2. The van der Waals surface area contributed by atoms with Gasteiger partial charge in [0.1, 0.15) is 0 Å². The second kappa shape index (κ2) is 5.29. The molecule has 15 heavy (non-hydrogen) atoms. The van der Waals surface area contributed by atoms with Crippen LogP contribution in [0, 0.1) is 13.8 Å². The maximum absolute atomic E-state index is 6.19. The first-order valence-electron chi connectivity index (χ1n) is 5.48. The first-order chi connectivity index (χ1) is 7.00. The molecule has 0 fully saturated rings. The molecule has 0 spiro atoms. The third-order valence-corrected chi connectivity index (χ3v) is 2.72. The van der Waals surface area contributed by atoms with Crippen LogP contribution in [0.3, 0.4) is 0 Å². The molecule has 1 atom stereocenters. The van der Waals surface area contributed by atoms with Gasteiger partial charge in [-0.25, -0.2) is 0 Å². The van der Waals surface area contributed by atoms with Crippen LogP contribution in [0.1, 0.15) is 29.2 Å². The minimum absolute atomic E-state index is 0.160. The molecular weight excluding hydrogens is 184 g/mol. The zero-order chi connectivity index (χ0) is 11.4. The number of rotatable bonds is 4. The Hall–Kier alpha value is -0.860. The number of nitrogens with zero attached hydrogens (tertiary/aromatic N) is 1. The lowest BCUT2D eigenvalue weighted by Crippen LogP contribution is -2.20. The lowest BCUT2D eigenvalue weighted by atomic mass is 9.97. The van der Waals surface area contributed by atoms with Gasteiger partial charge in [-0.2, -0.15) is 0 Å². The Kier molecular flexibility index (Phi) is 4.30. The van der Waals surface area contributed by atoms with Crippen LogP contribution in [0.15, 0.2) is 18.2 Å². The van der Waals surface area contributed by atoms with Crippen molar-refractivity contribution in [3.63, 3.8) is 0 Å². The molecule has 0 saturated heterocycles. The highest BCUT2D eigenvalue weighted by Crippen LogP contribution is 2.19. The van der Waals surface area contributed by atoms with Gasteiger partial charge in [0.15, 0.2) is 0 Å². The molecule has 0 bridgehead atoms. The molecule has 0 amide bonds. The van der Waals surface area contributed by atoms with E-state index >= 15 is 0 Å². The number of aryl methyl sites for hydroxylation is 2. The van der Waals surface area contributed by atoms with Gasteiger partial charge < -0.3 is 10.6 Å². The van der Waals surface area contributed by atoms with E-state index in [2.05, 4.69) is 51.0 Å². The van der Waals surface area contributed by atoms with Gasteiger partial charge in [0.25, 0.3) is 0 Å². The molecule has 2 N–H and O–H groups in total. The summed E-state index contributed by atoms with van der Waals surface area (Å²) in [7, 11) is 4.16. The monoisotopic (exact) mass is 206 g/mol. The Morgan fingerprint density at radius 2 is 1.93 bits per heavy atom. The third-order valence-electron chi connectivity index (χ3n) is 2.72. The van der Waals surface area contributed by atoms with Gasteiger partial charge in [-0.3, -0.25) is 0 Å². The second-order valence-electron chi connectivity index (χ2n) is 4.56. The molecule has 0 saturated carbocycles. The van der Waals surface area contributed by atoms with Crippen molar-refractivity contribution < 1.29 is 0 Å². The van der Waals surface area contributed by atoms with Crippen molar-refractivity contribution in [1.82, 2.24) is 4.90 Å². The predicted octanol–water partition coefficient (Wildman–Crippen LogP) is 2.25. The van der Waals surface area contributed by atoms with Crippen molar-refractivity contribution in [3.05, 3.63) is 34.9 Å². The van der Waals surface area contributed by atoms with Gasteiger partial charge in [-0.05, 0) is 52.0 Å². The SMILES string of the molecule is Cc1ccc(C)c(C(N)CCN(C)C)c1. The summed E-state index contributed by atoms with van der Waals surface area (Å²) in [5.74, 6) is 0. The fourth-order valence-electron chi connectivity index (χ4n) is 1.71. The van der Waals surface area contributed by atoms with E-state index in [1.54, 1.807) is 0 Å². The average Bonchev–Trinajstić information content (AvgIpc) is 2.18. The van der Waals surface area contributed by atoms with Crippen molar-refractivity contribution in [3.8, 4) is 0 Å². The Balaban J connectivity index is 2.72. The molecule has 84 valence electrons. The lowest BCUT2D eigenvalue weighted by Gasteiger charge is -2.17. The van der Waals surface area contributed by atoms with Crippen LogP contribution in [0.2, 0.25) is 0 Å². The fourth-order valence-corrected chi connectivity index (χ4v) is 1.71. The minimum Gasteiger partial charge on any atom is -0.324 e. The molecule has 1 aromatic carbocycles. The second-order valence-corrected chi connectivity index (χ2v) is 4.56. The Morgan fingerprint density at radius 1 is 1.27 bits per heavy atom. The van der Waals surface area contributed by atoms with Crippen LogP contribution in [-0.4, -0.2) is 25.5 Å². The topological polar surface area (TPSA) is 29.3 Å². The molecule has 0 aromatic heterocycles. The summed E-state index contributed by atoms with van der Waals surface area (Å²) < 4.78 is 0. The van der Waals surface area contributed by atoms with E-state index in [9.17, 15) is 0 Å². The summed E-state index contributed by atoms with van der Waals surface area (Å²) in [6, 6.07) is 6.65. The largest absolute Gasteiger partial charge is 0.324 e. The highest BCUT2D eigenvalue weighted by Gasteiger charge is 2.09. The molecule has 0 aliphatic heterocycles. The Bertz CT molecular complexity index is 318. The highest BCUT2D eigenvalue weighted by atomic mass is 15.0. The molecule has 1 aromatic rings. The third kappa shape index (κ3) is 3.65. The number of nitrogens with two attached hydrogens (primary N) is 1. The van der Waals surface area contributed by atoms with Gasteiger partial charge in [0.05, 0.1) is 0 Å². The standard InChI is InChI=1S/C13H22N2/c1-10-5-6-11(2)12(9-10)13(14)7-8-15(3)4/h5-6,9,13H,7-8,14H2,1-4H3. The van der Waals surface area contributed by atoms with Crippen LogP contribution < -0.4 is 5.73 Å². The highest BCUT2D eigenvalue weighted by molar-refractivity contribution is 5.32. The van der Waals surface area contributed by atoms with Crippen LogP contribution in [-0.2, 0) is 0 Å². The molecule has 1 rings (SSSR count). The number of hydrogen-bond donors (Lipinski definition) is 1. The van der Waals surface area contributed by atoms with E-state index in [4.69, 9.17) is 5.73 Å². The molecular formula is C13H22N2. The lowest BCUT2D eigenvalue weighted by molar-refractivity contribution is 0.382. The van der Waals surface area contributed by atoms with Crippen molar-refractivity contribution in [1.29, 1.82) is 0 Å². The van der Waals surface area contributed by atoms with Crippen molar-refractivity contribution in [2.75, 3.05) is 20.6 Å². The summed E-state index contributed by atoms with van der Waals surface area (Å²) in [6.45, 7) is 5.28. The molecule has 0 aliphatic carbocycles. The predicted molar refractivity (Wildman–Crippen MR) is 66.0 cm³/mol. The summed E-state index contributed by atoms with van der Waals surface area (Å²) in [5.41, 5.74) is 10.1. The maximum atomic E-state index is 6.19. The van der Waals surface area contributed by atoms with Gasteiger partial charge in [0.2, 0.25) is 0 Å². The number of hydrogen-bond acceptors (Lipinski definition) is 2. The zero-order valence-electron chi connectivity index (χ0n) is 10.2. The van der Waals surface area contributed by atoms with E-state index in [1.807, 2.05) is 0 Å². The Labute approximate surface area is 93.1 Å². The van der Waals surface area contributed by atoms with Gasteiger partial charge in [-0.1, -0.05) is 23.8 Å². The quantitative estimate of drug-likeness (QED) is 0.818. The summed E-state index contributed by atoms with van der Waals surface area (Å²) in [5, 5.41) is 0. The van der Waals surface area contributed by atoms with Gasteiger partial charge >= 0.3 is 0 Å². The molecule has 0 aliphatic rings. The van der Waals surface area contributed by atoms with Crippen LogP contribution in [0.4, 0.5) is 0 Å². The molecule has 0 radical (unpaired) electrons. The van der Waals surface area contributed by atoms with E-state index in [0.29, 0.717) is 0 Å². The molecule has 2 heteroatoms. The van der Waals surface area contributed by atoms with Crippen LogP contribution >= 0.6 is 0 Å². The molecule has 1 unspecified atom stereocenters. The minimum atomic E-state index is 0.160. The zero-order valence-corrected chi connectivity index (χ0v) is 10.2. The van der Waals surface area contributed by atoms with Crippen molar-refractivity contribution >= 4 is 0 Å². The number of benzene rings is 1. The van der Waals surface area contributed by atoms with Gasteiger partial charge in [-0.15, -0.1) is 0 Å². The summed E-state index contributed by atoms with van der Waals surface area (Å²) in [6.07, 6.45) is 1.01.